The lowest BCUT2D eigenvalue weighted by Gasteiger charge is -2.32. The third kappa shape index (κ3) is 5.19. The number of anilines is 2. The number of nitrogens with zero attached hydrogens (tertiary/aromatic N) is 5. The van der Waals surface area contributed by atoms with Crippen molar-refractivity contribution in [2.45, 2.75) is 31.7 Å². The van der Waals surface area contributed by atoms with E-state index in [1.807, 2.05) is 0 Å². The first kappa shape index (κ1) is 25.1. The molecule has 1 fully saturated rings. The van der Waals surface area contributed by atoms with Crippen LogP contribution in [0.25, 0.3) is 5.78 Å². The van der Waals surface area contributed by atoms with E-state index in [1.54, 1.807) is 6.92 Å². The number of ether oxygens (including phenoxy) is 2. The molecule has 0 saturated carbocycles. The summed E-state index contributed by atoms with van der Waals surface area (Å²) in [6, 6.07) is 3.61. The van der Waals surface area contributed by atoms with Crippen LogP contribution in [0.5, 0.6) is 0 Å². The molecule has 3 aromatic rings. The summed E-state index contributed by atoms with van der Waals surface area (Å²) < 4.78 is 54.0. The molecule has 1 amide bonds. The molecule has 9 nitrogen and oxygen atoms in total. The molecule has 2 aromatic heterocycles. The van der Waals surface area contributed by atoms with E-state index in [9.17, 15) is 18.0 Å². The van der Waals surface area contributed by atoms with E-state index < -0.39 is 30.1 Å². The van der Waals surface area contributed by atoms with Gasteiger partial charge in [-0.25, -0.2) is 4.98 Å². The highest BCUT2D eigenvalue weighted by molar-refractivity contribution is 6.28. The van der Waals surface area contributed by atoms with Gasteiger partial charge < -0.3 is 19.7 Å². The molecule has 0 radical (unpaired) electrons. The molecular formula is C22H24ClF3N6O3. The molecule has 3 atom stereocenters. The van der Waals surface area contributed by atoms with Gasteiger partial charge in [-0.2, -0.15) is 22.7 Å². The van der Waals surface area contributed by atoms with E-state index in [1.165, 1.54) is 49.1 Å². The second-order valence-corrected chi connectivity index (χ2v) is 8.57. The Morgan fingerprint density at radius 1 is 1.34 bits per heavy atom. The molecule has 1 aromatic carbocycles. The van der Waals surface area contributed by atoms with E-state index >= 15 is 0 Å². The largest absolute Gasteiger partial charge is 0.413 e. The summed E-state index contributed by atoms with van der Waals surface area (Å²) in [7, 11) is 2.70. The minimum Gasteiger partial charge on any atom is -0.381 e. The van der Waals surface area contributed by atoms with Crippen molar-refractivity contribution in [2.75, 3.05) is 32.7 Å². The van der Waals surface area contributed by atoms with Gasteiger partial charge in [-0.1, -0.05) is 12.1 Å². The van der Waals surface area contributed by atoms with E-state index in [2.05, 4.69) is 20.4 Å². The molecule has 13 heteroatoms. The maximum atomic E-state index is 14.0. The van der Waals surface area contributed by atoms with Gasteiger partial charge in [0.15, 0.2) is 6.04 Å². The minimum atomic E-state index is -4.65. The Hall–Kier alpha value is -2.96. The first-order valence-electron chi connectivity index (χ1n) is 10.8. The zero-order valence-corrected chi connectivity index (χ0v) is 20.0. The molecule has 0 spiro atoms. The van der Waals surface area contributed by atoms with Crippen LogP contribution in [0.3, 0.4) is 0 Å². The number of methoxy groups -OCH3 is 1. The zero-order valence-electron chi connectivity index (χ0n) is 19.2. The highest BCUT2D eigenvalue weighted by atomic mass is 35.5. The molecule has 1 saturated heterocycles. The van der Waals surface area contributed by atoms with Crippen molar-refractivity contribution in [3.05, 3.63) is 47.0 Å². The minimum absolute atomic E-state index is 0.0181. The van der Waals surface area contributed by atoms with Crippen LogP contribution in [0, 0.1) is 5.92 Å². The van der Waals surface area contributed by atoms with Crippen LogP contribution < -0.4 is 5.32 Å². The van der Waals surface area contributed by atoms with E-state index in [4.69, 9.17) is 21.1 Å². The second kappa shape index (κ2) is 9.96. The number of carbonyl (C=O) groups is 1. The van der Waals surface area contributed by atoms with Crippen LogP contribution in [0.4, 0.5) is 24.5 Å². The lowest BCUT2D eigenvalue weighted by atomic mass is 10.0. The van der Waals surface area contributed by atoms with E-state index in [0.29, 0.717) is 30.1 Å². The van der Waals surface area contributed by atoms with Crippen LogP contribution in [-0.4, -0.2) is 63.9 Å². The lowest BCUT2D eigenvalue weighted by molar-refractivity contribution is -0.190. The molecule has 0 aliphatic carbocycles. The highest BCUT2D eigenvalue weighted by Gasteiger charge is 2.46. The van der Waals surface area contributed by atoms with Gasteiger partial charge in [0.2, 0.25) is 11.2 Å². The molecular weight excluding hydrogens is 489 g/mol. The number of rotatable bonds is 7. The van der Waals surface area contributed by atoms with Gasteiger partial charge in [0.05, 0.1) is 36.2 Å². The quantitative estimate of drug-likeness (QED) is 0.503. The maximum absolute atomic E-state index is 14.0. The lowest BCUT2D eigenvalue weighted by Crippen LogP contribution is -2.42. The maximum Gasteiger partial charge on any atom is 0.413 e. The van der Waals surface area contributed by atoms with Gasteiger partial charge in [-0.3, -0.25) is 4.79 Å². The summed E-state index contributed by atoms with van der Waals surface area (Å²) in [4.78, 5) is 21.6. The molecule has 1 unspecified atom stereocenters. The second-order valence-electron chi connectivity index (χ2n) is 8.23. The van der Waals surface area contributed by atoms with Gasteiger partial charge in [0.25, 0.3) is 5.78 Å². The molecule has 1 aliphatic heterocycles. The number of alkyl halides is 3. The first-order valence-corrected chi connectivity index (χ1v) is 11.2. The number of fused-ring (bicyclic) bond motifs is 1. The predicted molar refractivity (Wildman–Crippen MR) is 121 cm³/mol. The summed E-state index contributed by atoms with van der Waals surface area (Å²) in [6.45, 7) is 2.30. The van der Waals surface area contributed by atoms with Crippen LogP contribution >= 0.6 is 11.6 Å². The van der Waals surface area contributed by atoms with Crippen molar-refractivity contribution < 1.29 is 27.4 Å². The number of nitrogens with one attached hydrogen (secondary N) is 1. The summed E-state index contributed by atoms with van der Waals surface area (Å²) in [5, 5.41) is 7.29. The normalized spacial score (nSPS) is 18.0. The van der Waals surface area contributed by atoms with Crippen molar-refractivity contribution in [3.63, 3.8) is 0 Å². The Kier molecular flexibility index (Phi) is 7.15. The number of hydrogen-bond acceptors (Lipinski definition) is 7. The predicted octanol–water partition coefficient (Wildman–Crippen LogP) is 4.33. The Morgan fingerprint density at radius 3 is 2.66 bits per heavy atom. The number of hydrogen-bond donors (Lipinski definition) is 1. The molecule has 1 aliphatic rings. The summed E-state index contributed by atoms with van der Waals surface area (Å²) >= 11 is 5.92. The Morgan fingerprint density at radius 2 is 2.06 bits per heavy atom. The van der Waals surface area contributed by atoms with Crippen molar-refractivity contribution in [1.29, 1.82) is 0 Å². The third-order valence-corrected chi connectivity index (χ3v) is 6.11. The molecule has 188 valence electrons. The summed E-state index contributed by atoms with van der Waals surface area (Å²) in [5.41, 5.74) is 1.55. The topological polar surface area (TPSA) is 93.9 Å². The van der Waals surface area contributed by atoms with Gasteiger partial charge >= 0.3 is 6.18 Å². The van der Waals surface area contributed by atoms with Crippen LogP contribution in [0.15, 0.2) is 30.5 Å². The summed E-state index contributed by atoms with van der Waals surface area (Å²) in [5.74, 6) is -0.876. The smallest absolute Gasteiger partial charge is 0.381 e. The fraction of sp³-hybridized carbons (Fsp3) is 0.455. The fourth-order valence-corrected chi connectivity index (χ4v) is 4.26. The van der Waals surface area contributed by atoms with Crippen molar-refractivity contribution >= 4 is 34.7 Å². The number of carbonyl (C=O) groups excluding carboxylic acids is 1. The molecule has 35 heavy (non-hydrogen) atoms. The van der Waals surface area contributed by atoms with Gasteiger partial charge in [0, 0.05) is 26.5 Å². The first-order chi connectivity index (χ1) is 16.6. The average molecular weight is 513 g/mol. The third-order valence-electron chi connectivity index (χ3n) is 5.95. The highest BCUT2D eigenvalue weighted by Crippen LogP contribution is 2.39. The Bertz CT molecular complexity index is 1200. The average Bonchev–Trinajstić information content (AvgIpc) is 3.47. The molecule has 4 rings (SSSR count). The number of aromatic nitrogens is 4. The fourth-order valence-electron chi connectivity index (χ4n) is 4.11. The van der Waals surface area contributed by atoms with Crippen LogP contribution in [0.2, 0.25) is 5.28 Å². The van der Waals surface area contributed by atoms with Gasteiger partial charge in [0.1, 0.15) is 0 Å². The Labute approximate surface area is 204 Å². The van der Waals surface area contributed by atoms with Crippen molar-refractivity contribution in [3.8, 4) is 0 Å². The van der Waals surface area contributed by atoms with Crippen LogP contribution in [0.1, 0.15) is 36.7 Å². The molecule has 3 heterocycles. The molecule has 0 bridgehead atoms. The van der Waals surface area contributed by atoms with Gasteiger partial charge in [-0.15, -0.1) is 5.10 Å². The zero-order chi connectivity index (χ0) is 25.3. The van der Waals surface area contributed by atoms with Crippen molar-refractivity contribution in [1.82, 2.24) is 24.5 Å². The Balaban J connectivity index is 1.61. The summed E-state index contributed by atoms with van der Waals surface area (Å²) in [6.07, 6.45) is -3.14. The van der Waals surface area contributed by atoms with E-state index in [-0.39, 0.29) is 23.2 Å². The van der Waals surface area contributed by atoms with Crippen molar-refractivity contribution in [2.24, 2.45) is 5.92 Å². The van der Waals surface area contributed by atoms with Crippen LogP contribution in [-0.2, 0) is 14.3 Å². The standard InChI is InChI=1S/C22H24ClF3N6O3/c1-12(34-3)17-16(10-27-21-29-20(23)30-32(17)21)28-15-6-4-13(5-7-15)18(22(24,25)26)31(2)19(33)14-8-9-35-11-14/h4-7,10,12,14,18,28H,8-9,11H2,1-3H3/t12-,14?,18-/m0/s1. The number of halogens is 4. The molecule has 1 N–H and O–H groups in total. The number of benzene rings is 1. The van der Waals surface area contributed by atoms with Gasteiger partial charge in [-0.05, 0) is 42.6 Å². The SMILES string of the molecule is CO[C@@H](C)c1c(Nc2ccc([C@H](N(C)C(=O)C3CCOC3)C(F)(F)F)cc2)cnc2nc(Cl)nn12. The van der Waals surface area contributed by atoms with E-state index in [0.717, 1.165) is 4.90 Å². The number of amides is 1. The monoisotopic (exact) mass is 512 g/mol.